The third kappa shape index (κ3) is 3.15. The van der Waals surface area contributed by atoms with E-state index in [1.807, 2.05) is 18.2 Å². The van der Waals surface area contributed by atoms with E-state index >= 15 is 0 Å². The average Bonchev–Trinajstić information content (AvgIpc) is 3.20. The Labute approximate surface area is 154 Å². The summed E-state index contributed by atoms with van der Waals surface area (Å²) in [4.78, 5) is 18.8. The van der Waals surface area contributed by atoms with Crippen LogP contribution in [0.1, 0.15) is 15.9 Å². The van der Waals surface area contributed by atoms with E-state index in [2.05, 4.69) is 10.2 Å². The molecule has 0 aliphatic carbocycles. The molecular weight excluding hydrogens is 347 g/mol. The van der Waals surface area contributed by atoms with Gasteiger partial charge in [0.1, 0.15) is 5.82 Å². The Balaban J connectivity index is 2.06. The van der Waals surface area contributed by atoms with Crippen molar-refractivity contribution in [2.75, 3.05) is 7.11 Å². The summed E-state index contributed by atoms with van der Waals surface area (Å²) in [6, 6.07) is 13.4. The molecule has 0 unspecified atom stereocenters. The van der Waals surface area contributed by atoms with Gasteiger partial charge in [0.25, 0.3) is 0 Å². The molecule has 2 aromatic carbocycles. The molecule has 0 radical (unpaired) electrons. The maximum Gasteiger partial charge on any atom is 0.338 e. The number of hydrogen-bond donors (Lipinski definition) is 0. The van der Waals surface area contributed by atoms with Gasteiger partial charge in [0.05, 0.1) is 42.8 Å². The van der Waals surface area contributed by atoms with E-state index in [-0.39, 0.29) is 12.4 Å². The second-order valence-corrected chi connectivity index (χ2v) is 5.89. The summed E-state index contributed by atoms with van der Waals surface area (Å²) in [5, 5.41) is 8.90. The Morgan fingerprint density at radius 3 is 2.63 bits per heavy atom. The van der Waals surface area contributed by atoms with Crippen LogP contribution in [-0.4, -0.2) is 33.1 Å². The number of halogens is 1. The lowest BCUT2D eigenvalue weighted by Crippen LogP contribution is -2.14. The highest BCUT2D eigenvalue weighted by Gasteiger charge is 2.23. The van der Waals surface area contributed by atoms with Gasteiger partial charge in [-0.2, -0.15) is 15.0 Å². The van der Waals surface area contributed by atoms with Crippen LogP contribution in [0.25, 0.3) is 22.2 Å². The Kier molecular flexibility index (Phi) is 4.33. The SMILES string of the molecule is COC(=O)c1c(Cn2nccn2)c(-c2cccc(F)c2)nc2ccccc12. The summed E-state index contributed by atoms with van der Waals surface area (Å²) in [5.41, 5.74) is 2.62. The Bertz CT molecular complexity index is 1130. The van der Waals surface area contributed by atoms with Crippen LogP contribution in [0.3, 0.4) is 0 Å². The number of para-hydroxylation sites is 1. The van der Waals surface area contributed by atoms with Crippen molar-refractivity contribution < 1.29 is 13.9 Å². The normalized spacial score (nSPS) is 10.9. The number of fused-ring (bicyclic) bond motifs is 1. The molecule has 2 aromatic heterocycles. The Morgan fingerprint density at radius 2 is 1.89 bits per heavy atom. The van der Waals surface area contributed by atoms with E-state index in [1.54, 1.807) is 30.6 Å². The number of pyridine rings is 1. The van der Waals surface area contributed by atoms with E-state index in [1.165, 1.54) is 24.0 Å². The lowest BCUT2D eigenvalue weighted by Gasteiger charge is -2.16. The summed E-state index contributed by atoms with van der Waals surface area (Å²) >= 11 is 0. The van der Waals surface area contributed by atoms with Crippen LogP contribution in [0, 0.1) is 5.82 Å². The first-order chi connectivity index (χ1) is 13.2. The first-order valence-electron chi connectivity index (χ1n) is 8.27. The fourth-order valence-electron chi connectivity index (χ4n) is 3.08. The number of hydrogen-bond acceptors (Lipinski definition) is 5. The number of aromatic nitrogens is 4. The number of ether oxygens (including phenoxy) is 1. The second-order valence-electron chi connectivity index (χ2n) is 5.89. The minimum absolute atomic E-state index is 0.196. The molecule has 4 aromatic rings. The molecule has 0 fully saturated rings. The summed E-state index contributed by atoms with van der Waals surface area (Å²) < 4.78 is 18.9. The van der Waals surface area contributed by atoms with E-state index in [9.17, 15) is 9.18 Å². The molecule has 134 valence electrons. The first-order valence-corrected chi connectivity index (χ1v) is 8.27. The van der Waals surface area contributed by atoms with Crippen LogP contribution in [0.2, 0.25) is 0 Å². The maximum atomic E-state index is 13.9. The van der Waals surface area contributed by atoms with Gasteiger partial charge in [-0.3, -0.25) is 0 Å². The average molecular weight is 362 g/mol. The van der Waals surface area contributed by atoms with Crippen molar-refractivity contribution in [1.29, 1.82) is 0 Å². The largest absolute Gasteiger partial charge is 0.465 e. The predicted octanol–water partition coefficient (Wildman–Crippen LogP) is 3.47. The van der Waals surface area contributed by atoms with E-state index < -0.39 is 5.97 Å². The quantitative estimate of drug-likeness (QED) is 0.520. The lowest BCUT2D eigenvalue weighted by atomic mass is 9.96. The highest BCUT2D eigenvalue weighted by Crippen LogP contribution is 2.31. The number of carbonyl (C=O) groups is 1. The summed E-state index contributed by atoms with van der Waals surface area (Å²) in [7, 11) is 1.33. The number of rotatable bonds is 4. The first kappa shape index (κ1) is 16.8. The lowest BCUT2D eigenvalue weighted by molar-refractivity contribution is 0.0601. The molecule has 4 rings (SSSR count). The van der Waals surface area contributed by atoms with E-state index in [4.69, 9.17) is 9.72 Å². The summed E-state index contributed by atoms with van der Waals surface area (Å²) in [6.45, 7) is 0.196. The Hall–Kier alpha value is -3.61. The molecule has 0 saturated heterocycles. The molecule has 2 heterocycles. The monoisotopic (exact) mass is 362 g/mol. The second kappa shape index (κ2) is 6.95. The third-order valence-electron chi connectivity index (χ3n) is 4.25. The van der Waals surface area contributed by atoms with Crippen molar-refractivity contribution >= 4 is 16.9 Å². The maximum absolute atomic E-state index is 13.9. The minimum Gasteiger partial charge on any atom is -0.465 e. The van der Waals surface area contributed by atoms with Crippen LogP contribution >= 0.6 is 0 Å². The summed E-state index contributed by atoms with van der Waals surface area (Å²) in [5.74, 6) is -0.876. The molecule has 27 heavy (non-hydrogen) atoms. The minimum atomic E-state index is -0.492. The van der Waals surface area contributed by atoms with Crippen molar-refractivity contribution in [3.63, 3.8) is 0 Å². The van der Waals surface area contributed by atoms with Crippen LogP contribution in [0.5, 0.6) is 0 Å². The number of methoxy groups -OCH3 is 1. The topological polar surface area (TPSA) is 69.9 Å². The van der Waals surface area contributed by atoms with Gasteiger partial charge in [0.2, 0.25) is 0 Å². The number of benzene rings is 2. The van der Waals surface area contributed by atoms with Crippen LogP contribution < -0.4 is 0 Å². The van der Waals surface area contributed by atoms with Gasteiger partial charge in [-0.1, -0.05) is 30.3 Å². The smallest absolute Gasteiger partial charge is 0.338 e. The fraction of sp³-hybridized carbons (Fsp3) is 0.100. The van der Waals surface area contributed by atoms with Crippen molar-refractivity contribution in [3.05, 3.63) is 77.9 Å². The molecule has 0 aliphatic rings. The van der Waals surface area contributed by atoms with Crippen molar-refractivity contribution in [2.45, 2.75) is 6.54 Å². The van der Waals surface area contributed by atoms with Gasteiger partial charge in [0, 0.05) is 16.5 Å². The van der Waals surface area contributed by atoms with Crippen molar-refractivity contribution in [2.24, 2.45) is 0 Å². The number of esters is 1. The van der Waals surface area contributed by atoms with Gasteiger partial charge >= 0.3 is 5.97 Å². The third-order valence-corrected chi connectivity index (χ3v) is 4.25. The molecule has 0 atom stereocenters. The molecule has 7 heteroatoms. The molecule has 0 bridgehead atoms. The van der Waals surface area contributed by atoms with Crippen molar-refractivity contribution in [3.8, 4) is 11.3 Å². The van der Waals surface area contributed by atoms with Crippen LogP contribution in [-0.2, 0) is 11.3 Å². The molecular formula is C20H15FN4O2. The number of nitrogens with zero attached hydrogens (tertiary/aromatic N) is 4. The zero-order chi connectivity index (χ0) is 18.8. The van der Waals surface area contributed by atoms with E-state index in [0.29, 0.717) is 33.3 Å². The fourth-order valence-corrected chi connectivity index (χ4v) is 3.08. The van der Waals surface area contributed by atoms with Crippen molar-refractivity contribution in [1.82, 2.24) is 20.0 Å². The molecule has 6 nitrogen and oxygen atoms in total. The molecule has 0 N–H and O–H groups in total. The zero-order valence-electron chi connectivity index (χ0n) is 14.5. The predicted molar refractivity (Wildman–Crippen MR) is 97.6 cm³/mol. The highest BCUT2D eigenvalue weighted by molar-refractivity contribution is 6.06. The zero-order valence-corrected chi connectivity index (χ0v) is 14.5. The van der Waals surface area contributed by atoms with Gasteiger partial charge in [-0.25, -0.2) is 14.2 Å². The standard InChI is InChI=1S/C20H15FN4O2/c1-27-20(26)18-15-7-2-3-8-17(15)24-19(13-5-4-6-14(21)11-13)16(18)12-25-22-9-10-23-25/h2-11H,12H2,1H3. The molecule has 0 spiro atoms. The summed E-state index contributed by atoms with van der Waals surface area (Å²) in [6.07, 6.45) is 3.10. The molecule has 0 amide bonds. The van der Waals surface area contributed by atoms with Gasteiger partial charge in [-0.15, -0.1) is 0 Å². The molecule has 0 aliphatic heterocycles. The Morgan fingerprint density at radius 1 is 1.11 bits per heavy atom. The van der Waals surface area contributed by atoms with Gasteiger partial charge < -0.3 is 4.74 Å². The van der Waals surface area contributed by atoms with Crippen LogP contribution in [0.15, 0.2) is 60.9 Å². The van der Waals surface area contributed by atoms with E-state index in [0.717, 1.165) is 0 Å². The van der Waals surface area contributed by atoms with Gasteiger partial charge in [0.15, 0.2) is 0 Å². The van der Waals surface area contributed by atoms with Gasteiger partial charge in [-0.05, 0) is 18.2 Å². The van der Waals surface area contributed by atoms with Crippen LogP contribution in [0.4, 0.5) is 4.39 Å². The highest BCUT2D eigenvalue weighted by atomic mass is 19.1. The number of carbonyl (C=O) groups excluding carboxylic acids is 1. The molecule has 0 saturated carbocycles.